The first-order valence-corrected chi connectivity index (χ1v) is 7.45. The first-order valence-electron chi connectivity index (χ1n) is 7.45. The van der Waals surface area contributed by atoms with Crippen molar-refractivity contribution in [3.8, 4) is 0 Å². The topological polar surface area (TPSA) is 32.6 Å². The molecule has 2 aromatic rings. The van der Waals surface area contributed by atoms with E-state index in [1.807, 2.05) is 0 Å². The van der Waals surface area contributed by atoms with Gasteiger partial charge in [-0.25, -0.2) is 4.98 Å². The van der Waals surface area contributed by atoms with Gasteiger partial charge in [-0.1, -0.05) is 26.8 Å². The SMILES string of the molecule is CC(C)(C)c1nc2ccccn2c1CN1CCNCC1. The van der Waals surface area contributed by atoms with Gasteiger partial charge in [0.15, 0.2) is 0 Å². The number of hydrogen-bond acceptors (Lipinski definition) is 3. The fourth-order valence-electron chi connectivity index (χ4n) is 2.88. The lowest BCUT2D eigenvalue weighted by Crippen LogP contribution is -2.43. The summed E-state index contributed by atoms with van der Waals surface area (Å²) in [7, 11) is 0. The zero-order chi connectivity index (χ0) is 14.2. The Morgan fingerprint density at radius 2 is 1.95 bits per heavy atom. The van der Waals surface area contributed by atoms with Gasteiger partial charge in [0.25, 0.3) is 0 Å². The monoisotopic (exact) mass is 272 g/mol. The molecule has 108 valence electrons. The summed E-state index contributed by atoms with van der Waals surface area (Å²) in [6, 6.07) is 6.24. The van der Waals surface area contributed by atoms with Gasteiger partial charge >= 0.3 is 0 Å². The van der Waals surface area contributed by atoms with Gasteiger partial charge in [0.05, 0.1) is 11.4 Å². The molecule has 0 amide bonds. The molecule has 20 heavy (non-hydrogen) atoms. The summed E-state index contributed by atoms with van der Waals surface area (Å²) in [6.07, 6.45) is 2.13. The third-order valence-corrected chi connectivity index (χ3v) is 3.92. The van der Waals surface area contributed by atoms with Crippen LogP contribution >= 0.6 is 0 Å². The molecule has 4 nitrogen and oxygen atoms in total. The van der Waals surface area contributed by atoms with Crippen molar-refractivity contribution in [2.45, 2.75) is 32.7 Å². The smallest absolute Gasteiger partial charge is 0.137 e. The molecule has 0 unspecified atom stereocenters. The van der Waals surface area contributed by atoms with Gasteiger partial charge in [-0.15, -0.1) is 0 Å². The number of piperazine rings is 1. The fourth-order valence-corrected chi connectivity index (χ4v) is 2.88. The Bertz CT molecular complexity index is 588. The van der Waals surface area contributed by atoms with Gasteiger partial charge in [0.2, 0.25) is 0 Å². The van der Waals surface area contributed by atoms with Crippen molar-refractivity contribution in [2.24, 2.45) is 0 Å². The predicted molar refractivity (Wildman–Crippen MR) is 82.0 cm³/mol. The summed E-state index contributed by atoms with van der Waals surface area (Å²) >= 11 is 0. The summed E-state index contributed by atoms with van der Waals surface area (Å²) in [6.45, 7) is 12.1. The maximum Gasteiger partial charge on any atom is 0.137 e. The van der Waals surface area contributed by atoms with Crippen molar-refractivity contribution in [3.63, 3.8) is 0 Å². The van der Waals surface area contributed by atoms with Gasteiger partial charge in [-0.3, -0.25) is 4.90 Å². The van der Waals surface area contributed by atoms with Crippen LogP contribution in [0.15, 0.2) is 24.4 Å². The number of nitrogens with one attached hydrogen (secondary N) is 1. The van der Waals surface area contributed by atoms with Gasteiger partial charge < -0.3 is 9.72 Å². The molecule has 0 bridgehead atoms. The molecule has 1 aliphatic rings. The van der Waals surface area contributed by atoms with E-state index in [-0.39, 0.29) is 5.41 Å². The van der Waals surface area contributed by atoms with E-state index in [0.29, 0.717) is 0 Å². The fraction of sp³-hybridized carbons (Fsp3) is 0.562. The van der Waals surface area contributed by atoms with Crippen LogP contribution < -0.4 is 5.32 Å². The molecule has 3 rings (SSSR count). The van der Waals surface area contributed by atoms with Crippen molar-refractivity contribution in [1.82, 2.24) is 19.6 Å². The molecule has 4 heteroatoms. The quantitative estimate of drug-likeness (QED) is 0.908. The van der Waals surface area contributed by atoms with E-state index in [9.17, 15) is 0 Å². The molecule has 0 aliphatic carbocycles. The Kier molecular flexibility index (Phi) is 3.52. The van der Waals surface area contributed by atoms with Gasteiger partial charge in [-0.2, -0.15) is 0 Å². The highest BCUT2D eigenvalue weighted by Gasteiger charge is 2.25. The third-order valence-electron chi connectivity index (χ3n) is 3.92. The molecule has 1 aliphatic heterocycles. The lowest BCUT2D eigenvalue weighted by Gasteiger charge is -2.28. The van der Waals surface area contributed by atoms with E-state index in [1.54, 1.807) is 0 Å². The average Bonchev–Trinajstić information content (AvgIpc) is 2.79. The molecule has 3 heterocycles. The molecule has 0 aromatic carbocycles. The number of rotatable bonds is 2. The van der Waals surface area contributed by atoms with Crippen LogP contribution in [0, 0.1) is 0 Å². The summed E-state index contributed by atoms with van der Waals surface area (Å²) in [4.78, 5) is 7.39. The van der Waals surface area contributed by atoms with E-state index in [2.05, 4.69) is 59.8 Å². The first-order chi connectivity index (χ1) is 9.55. The summed E-state index contributed by atoms with van der Waals surface area (Å²) in [5.74, 6) is 0. The Balaban J connectivity index is 2.01. The lowest BCUT2D eigenvalue weighted by atomic mass is 9.90. The van der Waals surface area contributed by atoms with Crippen LogP contribution in [0.4, 0.5) is 0 Å². The average molecular weight is 272 g/mol. The zero-order valence-electron chi connectivity index (χ0n) is 12.7. The minimum Gasteiger partial charge on any atom is -0.314 e. The van der Waals surface area contributed by atoms with Crippen LogP contribution in [0.1, 0.15) is 32.2 Å². The Hall–Kier alpha value is -1.39. The standard InChI is InChI=1S/C16H24N4/c1-16(2,3)15-13(12-19-10-7-17-8-11-19)20-9-5-4-6-14(20)18-15/h4-6,9,17H,7-8,10-12H2,1-3H3. The molecule has 1 N–H and O–H groups in total. The molecule has 1 fully saturated rings. The zero-order valence-corrected chi connectivity index (χ0v) is 12.7. The Morgan fingerprint density at radius 1 is 1.20 bits per heavy atom. The number of fused-ring (bicyclic) bond motifs is 1. The van der Waals surface area contributed by atoms with Gasteiger partial charge in [0.1, 0.15) is 5.65 Å². The second-order valence-electron chi connectivity index (χ2n) is 6.61. The van der Waals surface area contributed by atoms with E-state index < -0.39 is 0 Å². The van der Waals surface area contributed by atoms with Crippen molar-refractivity contribution in [2.75, 3.05) is 26.2 Å². The highest BCUT2D eigenvalue weighted by Crippen LogP contribution is 2.27. The van der Waals surface area contributed by atoms with Crippen LogP contribution in [0.3, 0.4) is 0 Å². The van der Waals surface area contributed by atoms with Crippen LogP contribution in [0.2, 0.25) is 0 Å². The highest BCUT2D eigenvalue weighted by molar-refractivity contribution is 5.44. The molecule has 2 aromatic heterocycles. The molecule has 1 saturated heterocycles. The number of imidazole rings is 1. The summed E-state index contributed by atoms with van der Waals surface area (Å²) in [5, 5.41) is 3.41. The summed E-state index contributed by atoms with van der Waals surface area (Å²) in [5.41, 5.74) is 3.70. The van der Waals surface area contributed by atoms with E-state index in [4.69, 9.17) is 4.98 Å². The molecule has 0 saturated carbocycles. The largest absolute Gasteiger partial charge is 0.314 e. The minimum atomic E-state index is 0.0788. The minimum absolute atomic E-state index is 0.0788. The maximum absolute atomic E-state index is 4.87. The lowest BCUT2D eigenvalue weighted by molar-refractivity contribution is 0.228. The molecule has 0 atom stereocenters. The normalized spacial score (nSPS) is 17.8. The van der Waals surface area contributed by atoms with Crippen molar-refractivity contribution >= 4 is 5.65 Å². The van der Waals surface area contributed by atoms with Crippen LogP contribution in [0.5, 0.6) is 0 Å². The predicted octanol–water partition coefficient (Wildman–Crippen LogP) is 2.04. The third kappa shape index (κ3) is 2.58. The molecular formula is C16H24N4. The van der Waals surface area contributed by atoms with Gasteiger partial charge in [-0.05, 0) is 12.1 Å². The van der Waals surface area contributed by atoms with Crippen molar-refractivity contribution in [3.05, 3.63) is 35.8 Å². The van der Waals surface area contributed by atoms with Crippen LogP contribution in [-0.4, -0.2) is 40.5 Å². The molecule has 0 radical (unpaired) electrons. The van der Waals surface area contributed by atoms with E-state index >= 15 is 0 Å². The number of aromatic nitrogens is 2. The Labute approximate surface area is 120 Å². The van der Waals surface area contributed by atoms with Crippen LogP contribution in [-0.2, 0) is 12.0 Å². The second-order valence-corrected chi connectivity index (χ2v) is 6.61. The Morgan fingerprint density at radius 3 is 2.65 bits per heavy atom. The van der Waals surface area contributed by atoms with Crippen molar-refractivity contribution < 1.29 is 0 Å². The summed E-state index contributed by atoms with van der Waals surface area (Å²) < 4.78 is 2.25. The number of nitrogens with zero attached hydrogens (tertiary/aromatic N) is 3. The maximum atomic E-state index is 4.87. The first kappa shape index (κ1) is 13.6. The molecule has 0 spiro atoms. The van der Waals surface area contributed by atoms with Gasteiger partial charge in [0, 0.05) is 44.3 Å². The molecular weight excluding hydrogens is 248 g/mol. The highest BCUT2D eigenvalue weighted by atomic mass is 15.2. The van der Waals surface area contributed by atoms with E-state index in [1.165, 1.54) is 11.4 Å². The number of pyridine rings is 1. The number of hydrogen-bond donors (Lipinski definition) is 1. The van der Waals surface area contributed by atoms with Crippen molar-refractivity contribution in [1.29, 1.82) is 0 Å². The second kappa shape index (κ2) is 5.19. The van der Waals surface area contributed by atoms with E-state index in [0.717, 1.165) is 38.4 Å². The van der Waals surface area contributed by atoms with Crippen LogP contribution in [0.25, 0.3) is 5.65 Å².